The summed E-state index contributed by atoms with van der Waals surface area (Å²) in [7, 11) is 0. The second-order valence-electron chi connectivity index (χ2n) is 6.58. The molecule has 26 heavy (non-hydrogen) atoms. The third kappa shape index (κ3) is 3.91. The van der Waals surface area contributed by atoms with Crippen LogP contribution in [0.15, 0.2) is 59.4 Å². The number of nitrogens with one attached hydrogen (secondary N) is 2. The summed E-state index contributed by atoms with van der Waals surface area (Å²) in [4.78, 5) is 27.4. The molecule has 0 aliphatic rings. The van der Waals surface area contributed by atoms with Crippen molar-refractivity contribution in [2.45, 2.75) is 27.3 Å². The first-order chi connectivity index (χ1) is 12.4. The fourth-order valence-corrected chi connectivity index (χ4v) is 3.04. The Bertz CT molecular complexity index is 1020. The third-order valence-corrected chi connectivity index (χ3v) is 4.40. The summed E-state index contributed by atoms with van der Waals surface area (Å²) in [5, 5.41) is 2.85. The molecular formula is C22H22N2O2. The van der Waals surface area contributed by atoms with Gasteiger partial charge < -0.3 is 10.3 Å². The quantitative estimate of drug-likeness (QED) is 0.753. The molecule has 2 N–H and O–H groups in total. The largest absolute Gasteiger partial charge is 0.348 e. The number of aromatic nitrogens is 1. The number of rotatable bonds is 4. The van der Waals surface area contributed by atoms with E-state index in [0.29, 0.717) is 11.1 Å². The van der Waals surface area contributed by atoms with E-state index in [1.807, 2.05) is 63.2 Å². The lowest BCUT2D eigenvalue weighted by molar-refractivity contribution is 0.0951. The second kappa shape index (κ2) is 7.40. The average molecular weight is 346 g/mol. The SMILES string of the molecule is Cc1cccc(-c2cccc(C(=O)NCc3c(C)cc(C)[nH]c3=O)c2)c1. The molecule has 0 spiro atoms. The van der Waals surface area contributed by atoms with Crippen LogP contribution in [-0.2, 0) is 6.54 Å². The predicted molar refractivity (Wildman–Crippen MR) is 104 cm³/mol. The van der Waals surface area contributed by atoms with E-state index in [1.54, 1.807) is 6.07 Å². The Hall–Kier alpha value is -3.14. The zero-order chi connectivity index (χ0) is 18.7. The van der Waals surface area contributed by atoms with Crippen molar-refractivity contribution >= 4 is 5.91 Å². The van der Waals surface area contributed by atoms with E-state index in [-0.39, 0.29) is 18.0 Å². The van der Waals surface area contributed by atoms with Crippen molar-refractivity contribution in [3.63, 3.8) is 0 Å². The molecule has 1 amide bonds. The van der Waals surface area contributed by atoms with Gasteiger partial charge in [-0.1, -0.05) is 42.0 Å². The predicted octanol–water partition coefficient (Wildman–Crippen LogP) is 3.90. The fraction of sp³-hybridized carbons (Fsp3) is 0.182. The lowest BCUT2D eigenvalue weighted by Gasteiger charge is -2.09. The van der Waals surface area contributed by atoms with Crippen LogP contribution >= 0.6 is 0 Å². The minimum absolute atomic E-state index is 0.156. The molecule has 0 aliphatic heterocycles. The van der Waals surface area contributed by atoms with Gasteiger partial charge >= 0.3 is 0 Å². The molecule has 0 aliphatic carbocycles. The molecule has 3 rings (SSSR count). The molecule has 4 nitrogen and oxygen atoms in total. The molecule has 0 fully saturated rings. The summed E-state index contributed by atoms with van der Waals surface area (Å²) >= 11 is 0. The molecule has 0 saturated heterocycles. The monoisotopic (exact) mass is 346 g/mol. The highest BCUT2D eigenvalue weighted by Gasteiger charge is 2.10. The van der Waals surface area contributed by atoms with Crippen molar-refractivity contribution < 1.29 is 4.79 Å². The first-order valence-corrected chi connectivity index (χ1v) is 8.59. The van der Waals surface area contributed by atoms with E-state index in [2.05, 4.69) is 16.4 Å². The molecule has 0 atom stereocenters. The summed E-state index contributed by atoms with van der Waals surface area (Å²) in [5.41, 5.74) is 5.93. The van der Waals surface area contributed by atoms with Gasteiger partial charge in [-0.2, -0.15) is 0 Å². The van der Waals surface area contributed by atoms with Crippen LogP contribution in [0.5, 0.6) is 0 Å². The highest BCUT2D eigenvalue weighted by molar-refractivity contribution is 5.95. The number of benzene rings is 2. The Morgan fingerprint density at radius 2 is 1.65 bits per heavy atom. The van der Waals surface area contributed by atoms with Gasteiger partial charge in [0.1, 0.15) is 0 Å². The number of carbonyl (C=O) groups excluding carboxylic acids is 1. The summed E-state index contributed by atoms with van der Waals surface area (Å²) in [6.07, 6.45) is 0. The van der Waals surface area contributed by atoms with Crippen LogP contribution in [0, 0.1) is 20.8 Å². The van der Waals surface area contributed by atoms with Gasteiger partial charge in [0, 0.05) is 23.4 Å². The molecule has 1 aromatic heterocycles. The molecular weight excluding hydrogens is 324 g/mol. The van der Waals surface area contributed by atoms with Crippen molar-refractivity contribution in [2.75, 3.05) is 0 Å². The van der Waals surface area contributed by atoms with Gasteiger partial charge in [0.2, 0.25) is 0 Å². The molecule has 0 radical (unpaired) electrons. The maximum absolute atomic E-state index is 12.5. The van der Waals surface area contributed by atoms with Crippen molar-refractivity contribution in [1.29, 1.82) is 0 Å². The average Bonchev–Trinajstić information content (AvgIpc) is 2.60. The Morgan fingerprint density at radius 3 is 2.35 bits per heavy atom. The third-order valence-electron chi connectivity index (χ3n) is 4.40. The Kier molecular flexibility index (Phi) is 5.03. The molecule has 4 heteroatoms. The number of aryl methyl sites for hydroxylation is 3. The second-order valence-corrected chi connectivity index (χ2v) is 6.58. The summed E-state index contributed by atoms with van der Waals surface area (Å²) in [6.45, 7) is 5.96. The van der Waals surface area contributed by atoms with Crippen LogP contribution in [-0.4, -0.2) is 10.9 Å². The van der Waals surface area contributed by atoms with Crippen molar-refractivity contribution in [2.24, 2.45) is 0 Å². The van der Waals surface area contributed by atoms with Crippen molar-refractivity contribution in [3.8, 4) is 11.1 Å². The minimum atomic E-state index is -0.195. The molecule has 132 valence electrons. The zero-order valence-corrected chi connectivity index (χ0v) is 15.2. The van der Waals surface area contributed by atoms with Crippen LogP contribution in [0.3, 0.4) is 0 Å². The fourth-order valence-electron chi connectivity index (χ4n) is 3.04. The van der Waals surface area contributed by atoms with E-state index >= 15 is 0 Å². The molecule has 0 bridgehead atoms. The summed E-state index contributed by atoms with van der Waals surface area (Å²) in [6, 6.07) is 17.6. The molecule has 0 unspecified atom stereocenters. The molecule has 2 aromatic carbocycles. The van der Waals surface area contributed by atoms with Crippen molar-refractivity contribution in [3.05, 3.63) is 92.9 Å². The smallest absolute Gasteiger partial charge is 0.253 e. The lowest BCUT2D eigenvalue weighted by Crippen LogP contribution is -2.27. The van der Waals surface area contributed by atoms with Crippen LogP contribution < -0.4 is 10.9 Å². The van der Waals surface area contributed by atoms with Crippen LogP contribution in [0.1, 0.15) is 32.7 Å². The number of aromatic amines is 1. The number of amides is 1. The Labute approximate surface area is 152 Å². The Balaban J connectivity index is 1.79. The van der Waals surface area contributed by atoms with Gasteiger partial charge in [0.05, 0.1) is 0 Å². The number of carbonyl (C=O) groups is 1. The first-order valence-electron chi connectivity index (χ1n) is 8.59. The van der Waals surface area contributed by atoms with Gasteiger partial charge in [-0.05, 0) is 55.7 Å². The minimum Gasteiger partial charge on any atom is -0.348 e. The molecule has 0 saturated carbocycles. The van der Waals surface area contributed by atoms with Crippen molar-refractivity contribution in [1.82, 2.24) is 10.3 Å². The number of hydrogen-bond acceptors (Lipinski definition) is 2. The van der Waals surface area contributed by atoms with E-state index in [4.69, 9.17) is 0 Å². The van der Waals surface area contributed by atoms with Crippen LogP contribution in [0.4, 0.5) is 0 Å². The Morgan fingerprint density at radius 1 is 0.962 bits per heavy atom. The number of pyridine rings is 1. The van der Waals surface area contributed by atoms with Gasteiger partial charge in [-0.3, -0.25) is 9.59 Å². The van der Waals surface area contributed by atoms with Crippen LogP contribution in [0.25, 0.3) is 11.1 Å². The van der Waals surface area contributed by atoms with Gasteiger partial charge in [-0.25, -0.2) is 0 Å². The zero-order valence-electron chi connectivity index (χ0n) is 15.2. The normalized spacial score (nSPS) is 10.6. The molecule has 3 aromatic rings. The van der Waals surface area contributed by atoms with Gasteiger partial charge in [-0.15, -0.1) is 0 Å². The summed E-state index contributed by atoms with van der Waals surface area (Å²) in [5.74, 6) is -0.195. The van der Waals surface area contributed by atoms with Gasteiger partial charge in [0.15, 0.2) is 0 Å². The lowest BCUT2D eigenvalue weighted by atomic mass is 10.0. The molecule has 1 heterocycles. The first kappa shape index (κ1) is 17.7. The maximum atomic E-state index is 12.5. The summed E-state index contributed by atoms with van der Waals surface area (Å²) < 4.78 is 0. The number of H-pyrrole nitrogens is 1. The van der Waals surface area contributed by atoms with E-state index in [9.17, 15) is 9.59 Å². The number of hydrogen-bond donors (Lipinski definition) is 2. The van der Waals surface area contributed by atoms with E-state index in [1.165, 1.54) is 5.56 Å². The van der Waals surface area contributed by atoms with Crippen LogP contribution in [0.2, 0.25) is 0 Å². The standard InChI is InChI=1S/C22H22N2O2/c1-14-6-4-7-17(10-14)18-8-5-9-19(12-18)21(25)23-13-20-15(2)11-16(3)24-22(20)26/h4-12H,13H2,1-3H3,(H,23,25)(H,24,26). The topological polar surface area (TPSA) is 62.0 Å². The highest BCUT2D eigenvalue weighted by Crippen LogP contribution is 2.21. The van der Waals surface area contributed by atoms with E-state index < -0.39 is 0 Å². The van der Waals surface area contributed by atoms with Gasteiger partial charge in [0.25, 0.3) is 11.5 Å². The maximum Gasteiger partial charge on any atom is 0.253 e. The van der Waals surface area contributed by atoms with E-state index in [0.717, 1.165) is 22.4 Å². The highest BCUT2D eigenvalue weighted by atomic mass is 16.1.